The predicted octanol–water partition coefficient (Wildman–Crippen LogP) is 4.05. The molecule has 24 heavy (non-hydrogen) atoms. The molecule has 1 aliphatic heterocycles. The van der Waals surface area contributed by atoms with Crippen LogP contribution in [0.2, 0.25) is 0 Å². The lowest BCUT2D eigenvalue weighted by Gasteiger charge is -2.26. The maximum Gasteiger partial charge on any atom is 0.318 e. The van der Waals surface area contributed by atoms with Crippen LogP contribution >= 0.6 is 0 Å². The molecule has 0 radical (unpaired) electrons. The van der Waals surface area contributed by atoms with Crippen LogP contribution in [0.25, 0.3) is 0 Å². The van der Waals surface area contributed by atoms with E-state index in [4.69, 9.17) is 4.74 Å². The third-order valence-electron chi connectivity index (χ3n) is 4.64. The first kappa shape index (κ1) is 16.4. The largest absolute Gasteiger partial charge is 0.497 e. The van der Waals surface area contributed by atoms with E-state index >= 15 is 0 Å². The summed E-state index contributed by atoms with van der Waals surface area (Å²) in [6, 6.07) is 16.3. The van der Waals surface area contributed by atoms with Crippen molar-refractivity contribution < 1.29 is 9.53 Å². The van der Waals surface area contributed by atoms with Crippen LogP contribution in [0.3, 0.4) is 0 Å². The van der Waals surface area contributed by atoms with E-state index in [2.05, 4.69) is 24.4 Å². The van der Waals surface area contributed by atoms with Crippen molar-refractivity contribution >= 4 is 6.03 Å². The molecule has 0 saturated carbocycles. The molecule has 2 aromatic carbocycles. The molecule has 2 aromatic rings. The summed E-state index contributed by atoms with van der Waals surface area (Å²) in [6.07, 6.45) is 2.07. The quantitative estimate of drug-likeness (QED) is 0.922. The highest BCUT2D eigenvalue weighted by Gasteiger charge is 2.30. The minimum atomic E-state index is 0.00331. The lowest BCUT2D eigenvalue weighted by molar-refractivity contribution is 0.192. The number of methoxy groups -OCH3 is 1. The third kappa shape index (κ3) is 3.53. The van der Waals surface area contributed by atoms with Crippen LogP contribution in [0.5, 0.6) is 5.75 Å². The molecule has 1 atom stereocenters. The summed E-state index contributed by atoms with van der Waals surface area (Å²) in [5.74, 6) is 0.806. The molecule has 4 nitrogen and oxygen atoms in total. The fourth-order valence-corrected chi connectivity index (χ4v) is 3.36. The zero-order valence-corrected chi connectivity index (χ0v) is 14.3. The first-order chi connectivity index (χ1) is 11.7. The molecular weight excluding hydrogens is 300 g/mol. The minimum Gasteiger partial charge on any atom is -0.497 e. The Morgan fingerprint density at radius 2 is 2.08 bits per heavy atom. The monoisotopic (exact) mass is 324 g/mol. The van der Waals surface area contributed by atoms with Gasteiger partial charge in [0.2, 0.25) is 0 Å². The number of carbonyl (C=O) groups excluding carboxylic acids is 1. The van der Waals surface area contributed by atoms with Gasteiger partial charge in [-0.2, -0.15) is 0 Å². The van der Waals surface area contributed by atoms with E-state index in [9.17, 15) is 4.79 Å². The Morgan fingerprint density at radius 1 is 1.25 bits per heavy atom. The molecule has 1 fully saturated rings. The van der Waals surface area contributed by atoms with Gasteiger partial charge in [0.15, 0.2) is 0 Å². The topological polar surface area (TPSA) is 41.6 Å². The molecule has 2 amide bonds. The van der Waals surface area contributed by atoms with Gasteiger partial charge in [-0.05, 0) is 48.6 Å². The number of hydrogen-bond donors (Lipinski definition) is 1. The molecule has 0 bridgehead atoms. The maximum absolute atomic E-state index is 12.7. The number of nitrogens with zero attached hydrogens (tertiary/aromatic N) is 1. The van der Waals surface area contributed by atoms with Gasteiger partial charge < -0.3 is 15.0 Å². The molecule has 1 N–H and O–H groups in total. The molecule has 0 aromatic heterocycles. The van der Waals surface area contributed by atoms with Crippen LogP contribution in [0.4, 0.5) is 4.79 Å². The Labute approximate surface area is 143 Å². The fraction of sp³-hybridized carbons (Fsp3) is 0.350. The van der Waals surface area contributed by atoms with E-state index < -0.39 is 0 Å². The maximum atomic E-state index is 12.7. The van der Waals surface area contributed by atoms with Crippen molar-refractivity contribution in [3.63, 3.8) is 0 Å². The number of carbonyl (C=O) groups is 1. The summed E-state index contributed by atoms with van der Waals surface area (Å²) < 4.78 is 5.23. The number of rotatable bonds is 4. The van der Waals surface area contributed by atoms with Crippen molar-refractivity contribution in [2.75, 3.05) is 13.7 Å². The molecular formula is C20H24N2O2. The second-order valence-electron chi connectivity index (χ2n) is 6.22. The molecule has 3 rings (SSSR count). The predicted molar refractivity (Wildman–Crippen MR) is 95.1 cm³/mol. The summed E-state index contributed by atoms with van der Waals surface area (Å²) in [5, 5.41) is 3.04. The van der Waals surface area contributed by atoms with E-state index in [0.717, 1.165) is 30.7 Å². The number of ether oxygens (including phenoxy) is 1. The summed E-state index contributed by atoms with van der Waals surface area (Å²) >= 11 is 0. The molecule has 1 heterocycles. The Kier molecular flexibility index (Phi) is 5.04. The van der Waals surface area contributed by atoms with Gasteiger partial charge in [0, 0.05) is 13.1 Å². The fourth-order valence-electron chi connectivity index (χ4n) is 3.36. The van der Waals surface area contributed by atoms with Gasteiger partial charge in [-0.3, -0.25) is 0 Å². The zero-order valence-electron chi connectivity index (χ0n) is 14.3. The van der Waals surface area contributed by atoms with Gasteiger partial charge in [0.05, 0.1) is 13.2 Å². The molecule has 1 saturated heterocycles. The van der Waals surface area contributed by atoms with Gasteiger partial charge in [-0.1, -0.05) is 36.4 Å². The van der Waals surface area contributed by atoms with E-state index in [1.165, 1.54) is 11.1 Å². The standard InChI is InChI=1S/C20H24N2O2/c1-15-7-3-4-10-18(15)19-11-6-12-22(19)20(23)21-14-16-8-5-9-17(13-16)24-2/h3-5,7-10,13,19H,6,11-12,14H2,1-2H3,(H,21,23)/t19-/m0/s1. The highest BCUT2D eigenvalue weighted by Crippen LogP contribution is 2.33. The number of benzene rings is 2. The van der Waals surface area contributed by atoms with Crippen molar-refractivity contribution in [2.45, 2.75) is 32.4 Å². The second kappa shape index (κ2) is 7.39. The Balaban J connectivity index is 1.66. The molecule has 0 unspecified atom stereocenters. The van der Waals surface area contributed by atoms with E-state index in [-0.39, 0.29) is 12.1 Å². The average Bonchev–Trinajstić information content (AvgIpc) is 3.10. The van der Waals surface area contributed by atoms with Crippen molar-refractivity contribution in [1.29, 1.82) is 0 Å². The third-order valence-corrected chi connectivity index (χ3v) is 4.64. The van der Waals surface area contributed by atoms with Crippen LogP contribution in [-0.4, -0.2) is 24.6 Å². The number of nitrogens with one attached hydrogen (secondary N) is 1. The second-order valence-corrected chi connectivity index (χ2v) is 6.22. The summed E-state index contributed by atoms with van der Waals surface area (Å²) in [6.45, 7) is 3.43. The van der Waals surface area contributed by atoms with E-state index in [0.29, 0.717) is 6.54 Å². The molecule has 0 spiro atoms. The van der Waals surface area contributed by atoms with Crippen molar-refractivity contribution in [2.24, 2.45) is 0 Å². The number of likely N-dealkylation sites (tertiary alicyclic amines) is 1. The lowest BCUT2D eigenvalue weighted by atomic mass is 9.99. The normalized spacial score (nSPS) is 16.9. The van der Waals surface area contributed by atoms with Gasteiger partial charge in [0.25, 0.3) is 0 Å². The number of amides is 2. The van der Waals surface area contributed by atoms with E-state index in [1.54, 1.807) is 7.11 Å². The van der Waals surface area contributed by atoms with E-state index in [1.807, 2.05) is 41.3 Å². The number of aryl methyl sites for hydroxylation is 1. The van der Waals surface area contributed by atoms with Crippen LogP contribution in [-0.2, 0) is 6.54 Å². The smallest absolute Gasteiger partial charge is 0.318 e. The van der Waals surface area contributed by atoms with Gasteiger partial charge >= 0.3 is 6.03 Å². The van der Waals surface area contributed by atoms with Crippen LogP contribution in [0.15, 0.2) is 48.5 Å². The van der Waals surface area contributed by atoms with Gasteiger partial charge in [-0.15, -0.1) is 0 Å². The van der Waals surface area contributed by atoms with Crippen molar-refractivity contribution in [3.05, 3.63) is 65.2 Å². The highest BCUT2D eigenvalue weighted by molar-refractivity contribution is 5.75. The Morgan fingerprint density at radius 3 is 2.88 bits per heavy atom. The summed E-state index contributed by atoms with van der Waals surface area (Å²) in [4.78, 5) is 14.6. The van der Waals surface area contributed by atoms with Gasteiger partial charge in [-0.25, -0.2) is 4.79 Å². The molecule has 126 valence electrons. The van der Waals surface area contributed by atoms with Crippen LogP contribution in [0.1, 0.15) is 35.6 Å². The van der Waals surface area contributed by atoms with Crippen LogP contribution < -0.4 is 10.1 Å². The summed E-state index contributed by atoms with van der Waals surface area (Å²) in [7, 11) is 1.65. The molecule has 0 aliphatic carbocycles. The lowest BCUT2D eigenvalue weighted by Crippen LogP contribution is -2.39. The Bertz CT molecular complexity index is 714. The average molecular weight is 324 g/mol. The molecule has 1 aliphatic rings. The first-order valence-corrected chi connectivity index (χ1v) is 8.42. The Hall–Kier alpha value is -2.49. The SMILES string of the molecule is COc1cccc(CNC(=O)N2CCC[C@H]2c2ccccc2C)c1. The highest BCUT2D eigenvalue weighted by atomic mass is 16.5. The van der Waals surface area contributed by atoms with Crippen LogP contribution in [0, 0.1) is 6.92 Å². The first-order valence-electron chi connectivity index (χ1n) is 8.42. The summed E-state index contributed by atoms with van der Waals surface area (Å²) in [5.41, 5.74) is 3.54. The molecule has 4 heteroatoms. The number of urea groups is 1. The van der Waals surface area contributed by atoms with Crippen molar-refractivity contribution in [1.82, 2.24) is 10.2 Å². The van der Waals surface area contributed by atoms with Crippen molar-refractivity contribution in [3.8, 4) is 5.75 Å². The van der Waals surface area contributed by atoms with Gasteiger partial charge in [0.1, 0.15) is 5.75 Å². The zero-order chi connectivity index (χ0) is 16.9. The number of hydrogen-bond acceptors (Lipinski definition) is 2. The minimum absolute atomic E-state index is 0.00331.